The van der Waals surface area contributed by atoms with Crippen molar-refractivity contribution < 1.29 is 9.26 Å². The SMILES string of the molecule is CCNCc1noc(CC(C)COC)n1. The van der Waals surface area contributed by atoms with Crippen LogP contribution in [0.4, 0.5) is 0 Å². The van der Waals surface area contributed by atoms with Crippen LogP contribution in [0.2, 0.25) is 0 Å². The molecule has 0 fully saturated rings. The summed E-state index contributed by atoms with van der Waals surface area (Å²) in [5.74, 6) is 1.81. The maximum Gasteiger partial charge on any atom is 0.227 e. The van der Waals surface area contributed by atoms with Crippen molar-refractivity contribution in [3.63, 3.8) is 0 Å². The first-order chi connectivity index (χ1) is 7.26. The molecule has 5 nitrogen and oxygen atoms in total. The van der Waals surface area contributed by atoms with Gasteiger partial charge in [0, 0.05) is 20.1 Å². The van der Waals surface area contributed by atoms with Gasteiger partial charge in [-0.3, -0.25) is 0 Å². The third-order valence-electron chi connectivity index (χ3n) is 2.02. The zero-order valence-corrected chi connectivity index (χ0v) is 9.62. The van der Waals surface area contributed by atoms with Crippen LogP contribution in [0, 0.1) is 5.92 Å². The minimum atomic E-state index is 0.405. The van der Waals surface area contributed by atoms with Crippen LogP contribution in [-0.2, 0) is 17.7 Å². The molecule has 0 aromatic carbocycles. The topological polar surface area (TPSA) is 60.2 Å². The van der Waals surface area contributed by atoms with E-state index in [4.69, 9.17) is 9.26 Å². The molecule has 0 aliphatic heterocycles. The first kappa shape index (κ1) is 12.1. The highest BCUT2D eigenvalue weighted by molar-refractivity contribution is 4.87. The van der Waals surface area contributed by atoms with Crippen LogP contribution in [0.25, 0.3) is 0 Å². The minimum absolute atomic E-state index is 0.405. The molecule has 1 atom stereocenters. The molecule has 86 valence electrons. The fourth-order valence-electron chi connectivity index (χ4n) is 1.32. The first-order valence-electron chi connectivity index (χ1n) is 5.27. The van der Waals surface area contributed by atoms with E-state index in [1.54, 1.807) is 7.11 Å². The molecule has 15 heavy (non-hydrogen) atoms. The van der Waals surface area contributed by atoms with Gasteiger partial charge in [0.1, 0.15) is 0 Å². The predicted molar refractivity (Wildman–Crippen MR) is 56.4 cm³/mol. The maximum atomic E-state index is 5.12. The fraction of sp³-hybridized carbons (Fsp3) is 0.800. The smallest absolute Gasteiger partial charge is 0.227 e. The molecule has 1 heterocycles. The van der Waals surface area contributed by atoms with Crippen LogP contribution < -0.4 is 5.32 Å². The highest BCUT2D eigenvalue weighted by Gasteiger charge is 2.10. The molecule has 0 radical (unpaired) electrons. The van der Waals surface area contributed by atoms with Gasteiger partial charge in [-0.15, -0.1) is 0 Å². The van der Waals surface area contributed by atoms with Gasteiger partial charge >= 0.3 is 0 Å². The molecule has 1 N–H and O–H groups in total. The van der Waals surface area contributed by atoms with Crippen LogP contribution in [0.5, 0.6) is 0 Å². The summed E-state index contributed by atoms with van der Waals surface area (Å²) < 4.78 is 10.2. The molecular weight excluding hydrogens is 194 g/mol. The largest absolute Gasteiger partial charge is 0.384 e. The van der Waals surface area contributed by atoms with Crippen molar-refractivity contribution >= 4 is 0 Å². The van der Waals surface area contributed by atoms with Gasteiger partial charge in [0.15, 0.2) is 5.82 Å². The number of rotatable bonds is 7. The number of nitrogens with one attached hydrogen (secondary N) is 1. The van der Waals surface area contributed by atoms with Crippen molar-refractivity contribution in [2.75, 3.05) is 20.3 Å². The Labute approximate surface area is 90.2 Å². The Bertz CT molecular complexity index is 275. The standard InChI is InChI=1S/C10H19N3O2/c1-4-11-6-9-12-10(15-13-9)5-8(2)7-14-3/h8,11H,4-7H2,1-3H3. The summed E-state index contributed by atoms with van der Waals surface area (Å²) in [6, 6.07) is 0. The molecule has 1 unspecified atom stereocenters. The van der Waals surface area contributed by atoms with Gasteiger partial charge in [0.2, 0.25) is 5.89 Å². The third-order valence-corrected chi connectivity index (χ3v) is 2.02. The van der Waals surface area contributed by atoms with E-state index in [1.165, 1.54) is 0 Å². The van der Waals surface area contributed by atoms with E-state index >= 15 is 0 Å². The number of ether oxygens (including phenoxy) is 1. The first-order valence-corrected chi connectivity index (χ1v) is 5.27. The van der Waals surface area contributed by atoms with Crippen molar-refractivity contribution in [3.8, 4) is 0 Å². The summed E-state index contributed by atoms with van der Waals surface area (Å²) in [6.45, 7) is 6.42. The monoisotopic (exact) mass is 213 g/mol. The summed E-state index contributed by atoms with van der Waals surface area (Å²) in [7, 11) is 1.70. The summed E-state index contributed by atoms with van der Waals surface area (Å²) >= 11 is 0. The lowest BCUT2D eigenvalue weighted by molar-refractivity contribution is 0.155. The number of hydrogen-bond acceptors (Lipinski definition) is 5. The molecule has 5 heteroatoms. The van der Waals surface area contributed by atoms with Crippen molar-refractivity contribution in [1.29, 1.82) is 0 Å². The van der Waals surface area contributed by atoms with Crippen LogP contribution in [0.1, 0.15) is 25.6 Å². The van der Waals surface area contributed by atoms with Gasteiger partial charge in [-0.1, -0.05) is 19.0 Å². The molecule has 0 aliphatic carbocycles. The van der Waals surface area contributed by atoms with Crippen molar-refractivity contribution in [1.82, 2.24) is 15.5 Å². The van der Waals surface area contributed by atoms with E-state index < -0.39 is 0 Å². The second kappa shape index (κ2) is 6.53. The maximum absolute atomic E-state index is 5.12. The van der Waals surface area contributed by atoms with E-state index in [1.807, 2.05) is 6.92 Å². The quantitative estimate of drug-likeness (QED) is 0.732. The van der Waals surface area contributed by atoms with Gasteiger partial charge < -0.3 is 14.6 Å². The molecule has 0 spiro atoms. The molecule has 1 aromatic heterocycles. The molecule has 0 amide bonds. The Morgan fingerprint density at radius 2 is 2.33 bits per heavy atom. The lowest BCUT2D eigenvalue weighted by atomic mass is 10.1. The summed E-state index contributed by atoms with van der Waals surface area (Å²) in [5, 5.41) is 7.02. The van der Waals surface area contributed by atoms with Gasteiger partial charge in [0.25, 0.3) is 0 Å². The van der Waals surface area contributed by atoms with Crippen LogP contribution >= 0.6 is 0 Å². The summed E-state index contributed by atoms with van der Waals surface area (Å²) in [6.07, 6.45) is 0.771. The van der Waals surface area contributed by atoms with Crippen molar-refractivity contribution in [2.45, 2.75) is 26.8 Å². The van der Waals surface area contributed by atoms with Crippen LogP contribution in [0.15, 0.2) is 4.52 Å². The van der Waals surface area contributed by atoms with E-state index in [2.05, 4.69) is 22.4 Å². The molecule has 1 rings (SSSR count). The highest BCUT2D eigenvalue weighted by atomic mass is 16.5. The number of aromatic nitrogens is 2. The van der Waals surface area contributed by atoms with Crippen molar-refractivity contribution in [3.05, 3.63) is 11.7 Å². The average molecular weight is 213 g/mol. The highest BCUT2D eigenvalue weighted by Crippen LogP contribution is 2.06. The molecule has 0 saturated carbocycles. The summed E-state index contributed by atoms with van der Waals surface area (Å²) in [5.41, 5.74) is 0. The molecule has 0 aliphatic rings. The Morgan fingerprint density at radius 3 is 3.00 bits per heavy atom. The molecule has 1 aromatic rings. The average Bonchev–Trinajstić information content (AvgIpc) is 2.63. The number of hydrogen-bond donors (Lipinski definition) is 1. The van der Waals surface area contributed by atoms with Crippen molar-refractivity contribution in [2.24, 2.45) is 5.92 Å². The minimum Gasteiger partial charge on any atom is -0.384 e. The fourth-order valence-corrected chi connectivity index (χ4v) is 1.32. The van der Waals surface area contributed by atoms with Gasteiger partial charge in [-0.25, -0.2) is 0 Å². The van der Waals surface area contributed by atoms with Gasteiger partial charge in [-0.2, -0.15) is 4.98 Å². The van der Waals surface area contributed by atoms with E-state index in [0.29, 0.717) is 25.0 Å². The molecular formula is C10H19N3O2. The van der Waals surface area contributed by atoms with Gasteiger partial charge in [0.05, 0.1) is 6.54 Å². The lowest BCUT2D eigenvalue weighted by Gasteiger charge is -2.05. The Hall–Kier alpha value is -0.940. The normalized spacial score (nSPS) is 13.0. The van der Waals surface area contributed by atoms with Crippen LogP contribution in [0.3, 0.4) is 0 Å². The van der Waals surface area contributed by atoms with Crippen LogP contribution in [-0.4, -0.2) is 30.4 Å². The zero-order valence-electron chi connectivity index (χ0n) is 9.62. The third kappa shape index (κ3) is 4.40. The summed E-state index contributed by atoms with van der Waals surface area (Å²) in [4.78, 5) is 4.27. The number of methoxy groups -OCH3 is 1. The number of nitrogens with zero attached hydrogens (tertiary/aromatic N) is 2. The second-order valence-corrected chi connectivity index (χ2v) is 3.65. The molecule has 0 saturated heterocycles. The van der Waals surface area contributed by atoms with E-state index in [0.717, 1.165) is 18.8 Å². The lowest BCUT2D eigenvalue weighted by Crippen LogP contribution is -2.13. The Balaban J connectivity index is 2.38. The van der Waals surface area contributed by atoms with E-state index in [9.17, 15) is 0 Å². The predicted octanol–water partition coefficient (Wildman–Crippen LogP) is 1.00. The van der Waals surface area contributed by atoms with Gasteiger partial charge in [-0.05, 0) is 12.5 Å². The second-order valence-electron chi connectivity index (χ2n) is 3.65. The zero-order chi connectivity index (χ0) is 11.1. The van der Waals surface area contributed by atoms with E-state index in [-0.39, 0.29) is 0 Å². The Morgan fingerprint density at radius 1 is 1.53 bits per heavy atom. The Kier molecular flexibility index (Phi) is 5.28. The molecule has 0 bridgehead atoms.